The lowest BCUT2D eigenvalue weighted by Gasteiger charge is -2.12. The molecule has 0 bridgehead atoms. The van der Waals surface area contributed by atoms with Crippen molar-refractivity contribution < 1.29 is 0 Å². The van der Waals surface area contributed by atoms with Crippen molar-refractivity contribution in [1.29, 1.82) is 0 Å². The Morgan fingerprint density at radius 3 is 2.50 bits per heavy atom. The minimum Gasteiger partial charge on any atom is -0.353 e. The summed E-state index contributed by atoms with van der Waals surface area (Å²) in [5.74, 6) is 0. The summed E-state index contributed by atoms with van der Waals surface area (Å²) in [5.41, 5.74) is 1.31. The van der Waals surface area contributed by atoms with E-state index in [4.69, 9.17) is 0 Å². The SMILES string of the molecule is CCNC(C)c1ccc(Sc2nnc(N(C)C)s2)cc1. The minimum absolute atomic E-state index is 0.390. The quantitative estimate of drug-likeness (QED) is 0.885. The highest BCUT2D eigenvalue weighted by molar-refractivity contribution is 8.01. The zero-order valence-corrected chi connectivity index (χ0v) is 13.9. The molecule has 6 heteroatoms. The maximum absolute atomic E-state index is 4.20. The van der Waals surface area contributed by atoms with Gasteiger partial charge in [-0.3, -0.25) is 0 Å². The fourth-order valence-corrected chi connectivity index (χ4v) is 3.51. The zero-order chi connectivity index (χ0) is 14.5. The molecule has 2 rings (SSSR count). The van der Waals surface area contributed by atoms with Crippen LogP contribution < -0.4 is 10.2 Å². The summed E-state index contributed by atoms with van der Waals surface area (Å²) in [5, 5.41) is 12.7. The number of nitrogens with one attached hydrogen (secondary N) is 1. The van der Waals surface area contributed by atoms with Crippen LogP contribution in [-0.2, 0) is 0 Å². The molecule has 0 saturated carbocycles. The Morgan fingerprint density at radius 2 is 1.95 bits per heavy atom. The predicted molar refractivity (Wildman–Crippen MR) is 86.9 cm³/mol. The van der Waals surface area contributed by atoms with E-state index in [0.717, 1.165) is 16.0 Å². The third-order valence-corrected chi connectivity index (χ3v) is 5.02. The summed E-state index contributed by atoms with van der Waals surface area (Å²) < 4.78 is 0.973. The van der Waals surface area contributed by atoms with Gasteiger partial charge in [0.25, 0.3) is 0 Å². The van der Waals surface area contributed by atoms with Gasteiger partial charge >= 0.3 is 0 Å². The molecule has 4 nitrogen and oxygen atoms in total. The van der Waals surface area contributed by atoms with E-state index in [-0.39, 0.29) is 0 Å². The molecule has 0 spiro atoms. The number of aromatic nitrogens is 2. The number of rotatable bonds is 6. The maximum atomic E-state index is 4.20. The molecule has 1 atom stereocenters. The monoisotopic (exact) mass is 308 g/mol. The Labute approximate surface area is 128 Å². The lowest BCUT2D eigenvalue weighted by atomic mass is 10.1. The summed E-state index contributed by atoms with van der Waals surface area (Å²) in [6, 6.07) is 9.02. The molecule has 1 aromatic carbocycles. The molecule has 1 heterocycles. The van der Waals surface area contributed by atoms with Gasteiger partial charge in [-0.05, 0) is 31.2 Å². The highest BCUT2D eigenvalue weighted by Gasteiger charge is 2.08. The normalized spacial score (nSPS) is 12.4. The average molecular weight is 308 g/mol. The molecule has 20 heavy (non-hydrogen) atoms. The lowest BCUT2D eigenvalue weighted by molar-refractivity contribution is 0.598. The Hall–Kier alpha value is -1.11. The van der Waals surface area contributed by atoms with E-state index >= 15 is 0 Å². The molecule has 0 amide bonds. The Kier molecular flexibility index (Phi) is 5.39. The standard InChI is InChI=1S/C14H20N4S2/c1-5-15-10(2)11-6-8-12(9-7-11)19-14-17-16-13(20-14)18(3)4/h6-10,15H,5H2,1-4H3. The molecule has 1 unspecified atom stereocenters. The molecular weight excluding hydrogens is 288 g/mol. The maximum Gasteiger partial charge on any atom is 0.208 e. The van der Waals surface area contributed by atoms with Gasteiger partial charge in [0.1, 0.15) is 0 Å². The van der Waals surface area contributed by atoms with Crippen LogP contribution in [0.5, 0.6) is 0 Å². The summed E-state index contributed by atoms with van der Waals surface area (Å²) in [4.78, 5) is 3.17. The summed E-state index contributed by atoms with van der Waals surface area (Å²) in [6.07, 6.45) is 0. The van der Waals surface area contributed by atoms with Crippen molar-refractivity contribution in [3.63, 3.8) is 0 Å². The first-order valence-corrected chi connectivity index (χ1v) is 8.25. The van der Waals surface area contributed by atoms with E-state index in [9.17, 15) is 0 Å². The second kappa shape index (κ2) is 7.06. The molecule has 0 aliphatic heterocycles. The first kappa shape index (κ1) is 15.3. The van der Waals surface area contributed by atoms with Crippen molar-refractivity contribution >= 4 is 28.2 Å². The number of anilines is 1. The molecule has 0 aliphatic carbocycles. The Morgan fingerprint density at radius 1 is 1.25 bits per heavy atom. The van der Waals surface area contributed by atoms with Gasteiger partial charge in [-0.1, -0.05) is 42.2 Å². The van der Waals surface area contributed by atoms with E-state index in [0.29, 0.717) is 6.04 Å². The van der Waals surface area contributed by atoms with Crippen LogP contribution in [0.3, 0.4) is 0 Å². The molecule has 108 valence electrons. The number of nitrogens with zero attached hydrogens (tertiary/aromatic N) is 3. The van der Waals surface area contributed by atoms with Crippen LogP contribution in [-0.4, -0.2) is 30.8 Å². The molecule has 2 aromatic rings. The second-order valence-corrected chi connectivity index (χ2v) is 6.97. The van der Waals surface area contributed by atoms with Gasteiger partial charge in [0.05, 0.1) is 0 Å². The molecule has 1 aromatic heterocycles. The number of hydrogen-bond acceptors (Lipinski definition) is 6. The van der Waals surface area contributed by atoms with Gasteiger partial charge in [-0.15, -0.1) is 10.2 Å². The molecular formula is C14H20N4S2. The van der Waals surface area contributed by atoms with Gasteiger partial charge < -0.3 is 10.2 Å². The van der Waals surface area contributed by atoms with Gasteiger partial charge in [0, 0.05) is 25.0 Å². The number of hydrogen-bond donors (Lipinski definition) is 1. The first-order valence-electron chi connectivity index (χ1n) is 6.62. The van der Waals surface area contributed by atoms with Crippen LogP contribution in [0.4, 0.5) is 5.13 Å². The molecule has 0 fully saturated rings. The minimum atomic E-state index is 0.390. The second-order valence-electron chi connectivity index (χ2n) is 4.70. The van der Waals surface area contributed by atoms with E-state index in [1.807, 2.05) is 19.0 Å². The van der Waals surface area contributed by atoms with Crippen LogP contribution in [0.1, 0.15) is 25.5 Å². The Balaban J connectivity index is 2.02. The summed E-state index contributed by atoms with van der Waals surface area (Å²) >= 11 is 3.27. The van der Waals surface area contributed by atoms with Crippen molar-refractivity contribution in [1.82, 2.24) is 15.5 Å². The van der Waals surface area contributed by atoms with Gasteiger partial charge in [0.15, 0.2) is 4.34 Å². The molecule has 0 radical (unpaired) electrons. The highest BCUT2D eigenvalue weighted by Crippen LogP contribution is 2.33. The van der Waals surface area contributed by atoms with Crippen molar-refractivity contribution in [2.75, 3.05) is 25.5 Å². The lowest BCUT2D eigenvalue weighted by Crippen LogP contribution is -2.17. The first-order chi connectivity index (χ1) is 9.60. The molecule has 0 saturated heterocycles. The third kappa shape index (κ3) is 3.94. The van der Waals surface area contributed by atoms with Crippen LogP contribution in [0.25, 0.3) is 0 Å². The summed E-state index contributed by atoms with van der Waals surface area (Å²) in [6.45, 7) is 5.29. The fourth-order valence-electron chi connectivity index (χ4n) is 1.77. The smallest absolute Gasteiger partial charge is 0.208 e. The molecule has 1 N–H and O–H groups in total. The van der Waals surface area contributed by atoms with Gasteiger partial charge in [-0.25, -0.2) is 0 Å². The van der Waals surface area contributed by atoms with Gasteiger partial charge in [-0.2, -0.15) is 0 Å². The van der Waals surface area contributed by atoms with Crippen molar-refractivity contribution in [2.24, 2.45) is 0 Å². The third-order valence-electron chi connectivity index (χ3n) is 2.87. The topological polar surface area (TPSA) is 41.1 Å². The van der Waals surface area contributed by atoms with Gasteiger partial charge in [0.2, 0.25) is 5.13 Å². The van der Waals surface area contributed by atoms with Crippen LogP contribution >= 0.6 is 23.1 Å². The fraction of sp³-hybridized carbons (Fsp3) is 0.429. The van der Waals surface area contributed by atoms with E-state index in [1.54, 1.807) is 23.1 Å². The Bertz CT molecular complexity index is 536. The highest BCUT2D eigenvalue weighted by atomic mass is 32.2. The van der Waals surface area contributed by atoms with Crippen molar-refractivity contribution in [3.05, 3.63) is 29.8 Å². The van der Waals surface area contributed by atoms with E-state index in [1.165, 1.54) is 10.5 Å². The van der Waals surface area contributed by atoms with Crippen LogP contribution in [0.15, 0.2) is 33.5 Å². The van der Waals surface area contributed by atoms with Crippen molar-refractivity contribution in [3.8, 4) is 0 Å². The average Bonchev–Trinajstić information content (AvgIpc) is 2.88. The summed E-state index contributed by atoms with van der Waals surface area (Å²) in [7, 11) is 3.96. The number of benzene rings is 1. The molecule has 0 aliphatic rings. The van der Waals surface area contributed by atoms with Crippen LogP contribution in [0.2, 0.25) is 0 Å². The zero-order valence-electron chi connectivity index (χ0n) is 12.3. The van der Waals surface area contributed by atoms with E-state index < -0.39 is 0 Å². The van der Waals surface area contributed by atoms with E-state index in [2.05, 4.69) is 53.6 Å². The largest absolute Gasteiger partial charge is 0.353 e. The van der Waals surface area contributed by atoms with Crippen LogP contribution in [0, 0.1) is 0 Å². The predicted octanol–water partition coefficient (Wildman–Crippen LogP) is 3.43. The van der Waals surface area contributed by atoms with Crippen molar-refractivity contribution in [2.45, 2.75) is 29.1 Å².